The minimum absolute atomic E-state index is 0.104. The van der Waals surface area contributed by atoms with Gasteiger partial charge in [-0.3, -0.25) is 10.1 Å². The number of nitrogens with one attached hydrogen (secondary N) is 1. The van der Waals surface area contributed by atoms with Crippen molar-refractivity contribution in [1.82, 2.24) is 9.29 Å². The molecular formula is C23H28N4O6S2. The molecule has 0 bridgehead atoms. The van der Waals surface area contributed by atoms with Crippen LogP contribution in [0.4, 0.5) is 10.8 Å². The molecule has 3 aromatic rings. The van der Waals surface area contributed by atoms with Gasteiger partial charge < -0.3 is 19.1 Å². The molecule has 1 fully saturated rings. The van der Waals surface area contributed by atoms with E-state index in [-0.39, 0.29) is 24.0 Å². The molecule has 0 atom stereocenters. The molecule has 35 heavy (non-hydrogen) atoms. The largest absolute Gasteiger partial charge is 0.494 e. The number of hydrogen-bond acceptors (Lipinski definition) is 9. The third-order valence-corrected chi connectivity index (χ3v) is 8.58. The number of sulfonamides is 1. The van der Waals surface area contributed by atoms with Crippen molar-refractivity contribution in [3.8, 4) is 5.75 Å². The van der Waals surface area contributed by atoms with Crippen molar-refractivity contribution in [1.29, 1.82) is 0 Å². The Bertz CT molecular complexity index is 1290. The summed E-state index contributed by atoms with van der Waals surface area (Å²) in [6.07, 6.45) is 0. The van der Waals surface area contributed by atoms with E-state index in [1.54, 1.807) is 7.11 Å². The molecule has 1 saturated heterocycles. The Hall–Kier alpha value is -2.77. The maximum Gasteiger partial charge on any atom is 0.257 e. The number of carbonyl (C=O) groups is 1. The van der Waals surface area contributed by atoms with Crippen LogP contribution in [0.25, 0.3) is 10.2 Å². The van der Waals surface area contributed by atoms with Crippen molar-refractivity contribution in [2.75, 3.05) is 70.9 Å². The molecular weight excluding hydrogens is 492 g/mol. The normalized spacial score (nSPS) is 14.5. The standard InChI is InChI=1S/C23H28N4O6S2/c1-26(10-13-31-2)35(29,30)17-6-4-16(5-7-17)22(28)25-23-24-20-19(32-3)9-8-18(21(20)34-23)27-11-14-33-15-12-27/h4-9H,10-15H2,1-3H3,(H,24,25,28). The zero-order valence-corrected chi connectivity index (χ0v) is 21.4. The van der Waals surface area contributed by atoms with E-state index >= 15 is 0 Å². The van der Waals surface area contributed by atoms with E-state index < -0.39 is 10.0 Å². The van der Waals surface area contributed by atoms with Gasteiger partial charge in [0.15, 0.2) is 5.13 Å². The maximum absolute atomic E-state index is 12.9. The number of likely N-dealkylation sites (N-methyl/N-ethyl adjacent to an activating group) is 1. The molecule has 0 spiro atoms. The second-order valence-corrected chi connectivity index (χ2v) is 10.9. The lowest BCUT2D eigenvalue weighted by atomic mass is 10.2. The van der Waals surface area contributed by atoms with E-state index in [1.807, 2.05) is 12.1 Å². The SMILES string of the molecule is COCCN(C)S(=O)(=O)c1ccc(C(=O)Nc2nc3c(OC)ccc(N4CCOCC4)c3s2)cc1. The summed E-state index contributed by atoms with van der Waals surface area (Å²) in [5, 5.41) is 3.26. The number of rotatable bonds is 9. The number of aromatic nitrogens is 1. The van der Waals surface area contributed by atoms with Gasteiger partial charge in [0.2, 0.25) is 10.0 Å². The summed E-state index contributed by atoms with van der Waals surface area (Å²) in [7, 11) is 0.918. The zero-order chi connectivity index (χ0) is 25.0. The first kappa shape index (κ1) is 25.3. The van der Waals surface area contributed by atoms with Crippen LogP contribution in [0.1, 0.15) is 10.4 Å². The molecule has 10 nitrogen and oxygen atoms in total. The summed E-state index contributed by atoms with van der Waals surface area (Å²) in [5.41, 5.74) is 2.02. The van der Waals surface area contributed by atoms with Crippen LogP contribution < -0.4 is 15.0 Å². The van der Waals surface area contributed by atoms with Crippen molar-refractivity contribution in [2.24, 2.45) is 0 Å². The monoisotopic (exact) mass is 520 g/mol. The first-order valence-electron chi connectivity index (χ1n) is 11.0. The molecule has 2 heterocycles. The number of amides is 1. The van der Waals surface area contributed by atoms with Gasteiger partial charge in [0, 0.05) is 39.4 Å². The number of morpholine rings is 1. The molecule has 0 aliphatic carbocycles. The highest BCUT2D eigenvalue weighted by Gasteiger charge is 2.22. The number of fused-ring (bicyclic) bond motifs is 1. The number of anilines is 2. The second-order valence-electron chi connectivity index (χ2n) is 7.88. The van der Waals surface area contributed by atoms with Crippen LogP contribution >= 0.6 is 11.3 Å². The first-order valence-corrected chi connectivity index (χ1v) is 13.3. The van der Waals surface area contributed by atoms with Crippen molar-refractivity contribution in [3.63, 3.8) is 0 Å². The number of ether oxygens (including phenoxy) is 3. The minimum atomic E-state index is -3.67. The molecule has 0 radical (unpaired) electrons. The average Bonchev–Trinajstić information content (AvgIpc) is 3.30. The summed E-state index contributed by atoms with van der Waals surface area (Å²) in [4.78, 5) is 19.8. The van der Waals surface area contributed by atoms with E-state index in [1.165, 1.54) is 54.1 Å². The quantitative estimate of drug-likeness (QED) is 0.459. The van der Waals surface area contributed by atoms with E-state index in [4.69, 9.17) is 14.2 Å². The van der Waals surface area contributed by atoms with Crippen LogP contribution in [0.3, 0.4) is 0 Å². The van der Waals surface area contributed by atoms with Gasteiger partial charge in [0.1, 0.15) is 11.3 Å². The molecule has 4 rings (SSSR count). The lowest BCUT2D eigenvalue weighted by Gasteiger charge is -2.29. The summed E-state index contributed by atoms with van der Waals surface area (Å²) in [6, 6.07) is 9.69. The Morgan fingerprint density at radius 1 is 1.17 bits per heavy atom. The molecule has 1 N–H and O–H groups in total. The molecule has 2 aromatic carbocycles. The fraction of sp³-hybridized carbons (Fsp3) is 0.391. The molecule has 0 saturated carbocycles. The van der Waals surface area contributed by atoms with Gasteiger partial charge in [-0.1, -0.05) is 11.3 Å². The zero-order valence-electron chi connectivity index (χ0n) is 19.8. The number of thiazole rings is 1. The smallest absolute Gasteiger partial charge is 0.257 e. The molecule has 12 heteroatoms. The second kappa shape index (κ2) is 10.9. The van der Waals surface area contributed by atoms with Gasteiger partial charge >= 0.3 is 0 Å². The molecule has 1 amide bonds. The highest BCUT2D eigenvalue weighted by atomic mass is 32.2. The third-order valence-electron chi connectivity index (χ3n) is 5.71. The molecule has 0 unspecified atom stereocenters. The van der Waals surface area contributed by atoms with Crippen LogP contribution in [0.15, 0.2) is 41.3 Å². The van der Waals surface area contributed by atoms with E-state index in [2.05, 4.69) is 15.2 Å². The van der Waals surface area contributed by atoms with Crippen molar-refractivity contribution < 1.29 is 27.4 Å². The minimum Gasteiger partial charge on any atom is -0.494 e. The number of hydrogen-bond donors (Lipinski definition) is 1. The van der Waals surface area contributed by atoms with Crippen LogP contribution in [0.5, 0.6) is 5.75 Å². The number of nitrogens with zero attached hydrogens (tertiary/aromatic N) is 3. The van der Waals surface area contributed by atoms with Gasteiger partial charge in [0.25, 0.3) is 5.91 Å². The van der Waals surface area contributed by atoms with Gasteiger partial charge in [-0.2, -0.15) is 4.31 Å². The highest BCUT2D eigenvalue weighted by Crippen LogP contribution is 2.39. The van der Waals surface area contributed by atoms with E-state index in [0.717, 1.165) is 23.5 Å². The van der Waals surface area contributed by atoms with Crippen LogP contribution in [-0.4, -0.2) is 84.3 Å². The Kier molecular flexibility index (Phi) is 7.87. The van der Waals surface area contributed by atoms with E-state index in [0.29, 0.717) is 35.2 Å². The highest BCUT2D eigenvalue weighted by molar-refractivity contribution is 7.89. The van der Waals surface area contributed by atoms with Crippen LogP contribution in [0.2, 0.25) is 0 Å². The molecule has 1 aromatic heterocycles. The van der Waals surface area contributed by atoms with Gasteiger partial charge in [-0.25, -0.2) is 13.4 Å². The lowest BCUT2D eigenvalue weighted by molar-refractivity contribution is 0.102. The fourth-order valence-electron chi connectivity index (χ4n) is 3.71. The Morgan fingerprint density at radius 2 is 1.89 bits per heavy atom. The van der Waals surface area contributed by atoms with Crippen molar-refractivity contribution in [2.45, 2.75) is 4.90 Å². The van der Waals surface area contributed by atoms with Crippen molar-refractivity contribution in [3.05, 3.63) is 42.0 Å². The summed E-state index contributed by atoms with van der Waals surface area (Å²) < 4.78 is 43.4. The molecule has 188 valence electrons. The van der Waals surface area contributed by atoms with Crippen LogP contribution in [0, 0.1) is 0 Å². The Balaban J connectivity index is 1.54. The first-order chi connectivity index (χ1) is 16.8. The van der Waals surface area contributed by atoms with Crippen molar-refractivity contribution >= 4 is 48.3 Å². The Morgan fingerprint density at radius 3 is 2.54 bits per heavy atom. The number of carbonyl (C=O) groups excluding carboxylic acids is 1. The van der Waals surface area contributed by atoms with Crippen LogP contribution in [-0.2, 0) is 19.5 Å². The Labute approximate surface area is 208 Å². The summed E-state index contributed by atoms with van der Waals surface area (Å²) in [5.74, 6) is 0.244. The fourth-order valence-corrected chi connectivity index (χ4v) is 5.88. The average molecular weight is 521 g/mol. The van der Waals surface area contributed by atoms with Gasteiger partial charge in [0.05, 0.1) is 42.2 Å². The predicted octanol–water partition coefficient (Wildman–Crippen LogP) is 2.66. The van der Waals surface area contributed by atoms with E-state index in [9.17, 15) is 13.2 Å². The summed E-state index contributed by atoms with van der Waals surface area (Å²) in [6.45, 7) is 3.38. The lowest BCUT2D eigenvalue weighted by Crippen LogP contribution is -2.36. The maximum atomic E-state index is 12.9. The number of benzene rings is 2. The topological polar surface area (TPSA) is 110 Å². The van der Waals surface area contributed by atoms with Gasteiger partial charge in [-0.15, -0.1) is 0 Å². The summed E-state index contributed by atoms with van der Waals surface area (Å²) >= 11 is 1.37. The molecule has 1 aliphatic rings. The predicted molar refractivity (Wildman–Crippen MR) is 135 cm³/mol. The third kappa shape index (κ3) is 5.41. The molecule has 1 aliphatic heterocycles. The van der Waals surface area contributed by atoms with Gasteiger partial charge in [-0.05, 0) is 36.4 Å². The number of methoxy groups -OCH3 is 2.